The van der Waals surface area contributed by atoms with Gasteiger partial charge < -0.3 is 14.9 Å². The van der Waals surface area contributed by atoms with Crippen molar-refractivity contribution in [1.82, 2.24) is 0 Å². The van der Waals surface area contributed by atoms with Gasteiger partial charge in [0.05, 0.1) is 6.10 Å². The Bertz CT molecular complexity index is 854. The number of hydrogen-bond acceptors (Lipinski definition) is 5. The Labute approximate surface area is 156 Å². The van der Waals surface area contributed by atoms with E-state index in [0.29, 0.717) is 5.56 Å². The first-order valence-corrected chi connectivity index (χ1v) is 8.55. The molecule has 0 bridgehead atoms. The van der Waals surface area contributed by atoms with Gasteiger partial charge in [-0.1, -0.05) is 65.8 Å². The van der Waals surface area contributed by atoms with Gasteiger partial charge >= 0.3 is 0 Å². The van der Waals surface area contributed by atoms with Crippen LogP contribution in [-0.4, -0.2) is 39.3 Å². The number of carbonyl (C=O) groups excluding carboxylic acids is 1. The second-order valence-corrected chi connectivity index (χ2v) is 6.66. The lowest BCUT2D eigenvalue weighted by Crippen LogP contribution is -2.72. The number of ether oxygens (including phenoxy) is 1. The molecule has 27 heavy (non-hydrogen) atoms. The summed E-state index contributed by atoms with van der Waals surface area (Å²) in [6, 6.07) is 15.7. The van der Waals surface area contributed by atoms with Gasteiger partial charge in [0.15, 0.2) is 11.4 Å². The zero-order valence-corrected chi connectivity index (χ0v) is 14.8. The second kappa shape index (κ2) is 7.50. The second-order valence-electron chi connectivity index (χ2n) is 6.66. The molecule has 1 fully saturated rings. The molecular weight excluding hydrogens is 346 g/mol. The molecule has 0 aliphatic carbocycles. The fourth-order valence-electron chi connectivity index (χ4n) is 3.44. The summed E-state index contributed by atoms with van der Waals surface area (Å²) in [5.41, 5.74) is 5.37. The lowest BCUT2D eigenvalue weighted by atomic mass is 9.67. The maximum Gasteiger partial charge on any atom is 0.197 e. The molecule has 0 aromatic heterocycles. The number of aliphatic hydroxyl groups is 2. The van der Waals surface area contributed by atoms with Crippen LogP contribution in [0.1, 0.15) is 22.8 Å². The molecule has 1 heterocycles. The van der Waals surface area contributed by atoms with Crippen molar-refractivity contribution >= 4 is 5.78 Å². The highest BCUT2D eigenvalue weighted by Gasteiger charge is 2.63. The molecule has 1 radical (unpaired) electrons. The van der Waals surface area contributed by atoms with E-state index >= 15 is 0 Å². The third-order valence-corrected chi connectivity index (χ3v) is 4.88. The molecular formula is C20H20N3O4. The van der Waals surface area contributed by atoms with E-state index in [4.69, 9.17) is 10.3 Å². The van der Waals surface area contributed by atoms with Crippen LogP contribution in [0.2, 0.25) is 0 Å². The first-order chi connectivity index (χ1) is 12.9. The van der Waals surface area contributed by atoms with E-state index in [9.17, 15) is 15.0 Å². The predicted molar refractivity (Wildman–Crippen MR) is 98.6 cm³/mol. The van der Waals surface area contributed by atoms with Crippen molar-refractivity contribution in [3.63, 3.8) is 0 Å². The van der Waals surface area contributed by atoms with Crippen LogP contribution in [0.4, 0.5) is 0 Å². The molecule has 0 unspecified atom stereocenters. The maximum atomic E-state index is 13.3. The van der Waals surface area contributed by atoms with Gasteiger partial charge in [-0.05, 0) is 18.0 Å². The molecule has 0 saturated carbocycles. The number of nitrogens with zero attached hydrogens (tertiary/aromatic N) is 3. The normalized spacial score (nSPS) is 30.3. The summed E-state index contributed by atoms with van der Waals surface area (Å²) in [5.74, 6) is -0.731. The Morgan fingerprint density at radius 2 is 1.74 bits per heavy atom. The summed E-state index contributed by atoms with van der Waals surface area (Å²) in [6.45, 7) is 2.65. The van der Waals surface area contributed by atoms with Gasteiger partial charge in [-0.3, -0.25) is 4.79 Å². The number of azide groups is 1. The average Bonchev–Trinajstić information content (AvgIpc) is 2.69. The average molecular weight is 366 g/mol. The number of ketones is 1. The Morgan fingerprint density at radius 1 is 1.15 bits per heavy atom. The highest BCUT2D eigenvalue weighted by molar-refractivity contribution is 6.04. The van der Waals surface area contributed by atoms with Crippen molar-refractivity contribution < 1.29 is 19.7 Å². The third kappa shape index (κ3) is 3.34. The van der Waals surface area contributed by atoms with Gasteiger partial charge in [0.25, 0.3) is 0 Å². The molecule has 2 aromatic carbocycles. The molecule has 4 atom stereocenters. The molecule has 1 saturated heterocycles. The van der Waals surface area contributed by atoms with Gasteiger partial charge in [-0.15, -0.1) is 0 Å². The predicted octanol–water partition coefficient (Wildman–Crippen LogP) is 2.83. The first kappa shape index (κ1) is 19.1. The Balaban J connectivity index is 2.12. The van der Waals surface area contributed by atoms with Crippen LogP contribution in [0, 0.1) is 6.61 Å². The quantitative estimate of drug-likeness (QED) is 0.366. The van der Waals surface area contributed by atoms with Crippen LogP contribution in [0.15, 0.2) is 65.8 Å². The highest BCUT2D eigenvalue weighted by atomic mass is 16.5. The first-order valence-electron chi connectivity index (χ1n) is 8.55. The summed E-state index contributed by atoms with van der Waals surface area (Å²) >= 11 is 0. The number of rotatable bonds is 5. The lowest BCUT2D eigenvalue weighted by Gasteiger charge is -2.50. The minimum Gasteiger partial charge on any atom is -0.383 e. The SMILES string of the molecule is C[C@H]1O[CH][C@](O)(Cc2ccccc2)[C@](O)(C(=O)c2ccccc2)[C@@H]1N=[N+]=[N-]. The largest absolute Gasteiger partial charge is 0.383 e. The standard InChI is InChI=1S/C20H20N3O4/c1-14-17(22-23-21)20(26,18(24)16-10-6-3-7-11-16)19(25,13-27-14)12-15-8-4-2-5-9-15/h2-11,13-14,17,25-26H,12H2,1H3/t14-,17-,19-,20-/m1/s1. The molecule has 1 aliphatic rings. The van der Waals surface area contributed by atoms with Crippen LogP contribution in [0.25, 0.3) is 10.4 Å². The van der Waals surface area contributed by atoms with Gasteiger partial charge in [0, 0.05) is 16.9 Å². The number of benzene rings is 2. The minimum absolute atomic E-state index is 0.0902. The monoisotopic (exact) mass is 366 g/mol. The Morgan fingerprint density at radius 3 is 2.33 bits per heavy atom. The summed E-state index contributed by atoms with van der Waals surface area (Å²) in [7, 11) is 0. The van der Waals surface area contributed by atoms with E-state index in [2.05, 4.69) is 10.0 Å². The lowest BCUT2D eigenvalue weighted by molar-refractivity contribution is -0.192. The van der Waals surface area contributed by atoms with Crippen LogP contribution < -0.4 is 0 Å². The highest BCUT2D eigenvalue weighted by Crippen LogP contribution is 2.42. The molecule has 7 nitrogen and oxygen atoms in total. The van der Waals surface area contributed by atoms with Crippen molar-refractivity contribution in [3.8, 4) is 0 Å². The van der Waals surface area contributed by atoms with E-state index < -0.39 is 29.1 Å². The van der Waals surface area contributed by atoms with Gasteiger partial charge in [0.1, 0.15) is 18.2 Å². The van der Waals surface area contributed by atoms with Crippen molar-refractivity contribution in [2.24, 2.45) is 5.11 Å². The third-order valence-electron chi connectivity index (χ3n) is 4.88. The van der Waals surface area contributed by atoms with E-state index in [1.54, 1.807) is 49.4 Å². The van der Waals surface area contributed by atoms with Crippen molar-refractivity contribution in [3.05, 3.63) is 88.8 Å². The number of hydrogen-bond donors (Lipinski definition) is 2. The molecule has 139 valence electrons. The van der Waals surface area contributed by atoms with Gasteiger partial charge in [0.2, 0.25) is 0 Å². The minimum atomic E-state index is -2.39. The Kier molecular flexibility index (Phi) is 5.30. The molecule has 3 rings (SSSR count). The van der Waals surface area contributed by atoms with E-state index in [1.165, 1.54) is 12.1 Å². The summed E-state index contributed by atoms with van der Waals surface area (Å²) in [4.78, 5) is 16.1. The zero-order valence-electron chi connectivity index (χ0n) is 14.8. The number of carbonyl (C=O) groups is 1. The number of Topliss-reactive ketones (excluding diaryl/α,β-unsaturated/α-hetero) is 1. The van der Waals surface area contributed by atoms with E-state index in [1.807, 2.05) is 6.07 Å². The van der Waals surface area contributed by atoms with E-state index in [0.717, 1.165) is 6.61 Å². The molecule has 0 amide bonds. The topological polar surface area (TPSA) is 116 Å². The maximum absolute atomic E-state index is 13.3. The summed E-state index contributed by atoms with van der Waals surface area (Å²) < 4.78 is 5.46. The smallest absolute Gasteiger partial charge is 0.197 e. The fraction of sp³-hybridized carbons (Fsp3) is 0.300. The van der Waals surface area contributed by atoms with Crippen LogP contribution in [0.5, 0.6) is 0 Å². The van der Waals surface area contributed by atoms with Crippen LogP contribution >= 0.6 is 0 Å². The van der Waals surface area contributed by atoms with Gasteiger partial charge in [-0.25, -0.2) is 0 Å². The van der Waals surface area contributed by atoms with Crippen LogP contribution in [0.3, 0.4) is 0 Å². The van der Waals surface area contributed by atoms with Crippen molar-refractivity contribution in [2.45, 2.75) is 36.7 Å². The fourth-order valence-corrected chi connectivity index (χ4v) is 3.44. The summed E-state index contributed by atoms with van der Waals surface area (Å²) in [6.07, 6.45) is -0.887. The molecule has 0 spiro atoms. The van der Waals surface area contributed by atoms with E-state index in [-0.39, 0.29) is 12.0 Å². The molecule has 2 aromatic rings. The molecule has 7 heteroatoms. The van der Waals surface area contributed by atoms with Gasteiger partial charge in [-0.2, -0.15) is 0 Å². The Hall–Kier alpha value is -2.70. The zero-order chi connectivity index (χ0) is 19.5. The van der Waals surface area contributed by atoms with Crippen molar-refractivity contribution in [1.29, 1.82) is 0 Å². The molecule has 2 N–H and O–H groups in total. The molecule has 1 aliphatic heterocycles. The van der Waals surface area contributed by atoms with Crippen LogP contribution in [-0.2, 0) is 11.2 Å². The summed E-state index contributed by atoms with van der Waals surface area (Å²) in [5, 5.41) is 26.5. The van der Waals surface area contributed by atoms with Crippen molar-refractivity contribution in [2.75, 3.05) is 0 Å².